The molecule has 0 aromatic carbocycles. The van der Waals surface area contributed by atoms with Crippen LogP contribution in [0.5, 0.6) is 0 Å². The van der Waals surface area contributed by atoms with Gasteiger partial charge in [-0.05, 0) is 32.7 Å². The third kappa shape index (κ3) is 2.61. The number of hydrogen-bond acceptors (Lipinski definition) is 2. The maximum atomic E-state index is 2.67. The van der Waals surface area contributed by atoms with Crippen molar-refractivity contribution < 1.29 is 0 Å². The fourth-order valence-corrected chi connectivity index (χ4v) is 2.72. The van der Waals surface area contributed by atoms with Crippen molar-refractivity contribution in [1.82, 2.24) is 9.80 Å². The van der Waals surface area contributed by atoms with E-state index in [0.717, 1.165) is 6.04 Å². The molecule has 1 fully saturated rings. The second-order valence-electron chi connectivity index (χ2n) is 4.78. The number of hydrogen-bond donors (Lipinski definition) is 0. The molecule has 85 valence electrons. The van der Waals surface area contributed by atoms with Gasteiger partial charge in [0, 0.05) is 32.2 Å². The number of rotatable bonds is 2. The van der Waals surface area contributed by atoms with Crippen LogP contribution >= 0.6 is 0 Å². The van der Waals surface area contributed by atoms with Crippen molar-refractivity contribution in [3.8, 4) is 0 Å². The fraction of sp³-hybridized carbons (Fsp3) is 0.769. The van der Waals surface area contributed by atoms with Gasteiger partial charge in [0.25, 0.3) is 0 Å². The van der Waals surface area contributed by atoms with Crippen LogP contribution in [0, 0.1) is 6.42 Å². The Morgan fingerprint density at radius 2 is 2.00 bits per heavy atom. The van der Waals surface area contributed by atoms with Gasteiger partial charge < -0.3 is 4.90 Å². The summed E-state index contributed by atoms with van der Waals surface area (Å²) < 4.78 is 0. The van der Waals surface area contributed by atoms with Gasteiger partial charge in [-0.25, -0.2) is 0 Å². The lowest BCUT2D eigenvalue weighted by atomic mass is 9.91. The van der Waals surface area contributed by atoms with Crippen LogP contribution in [-0.2, 0) is 0 Å². The van der Waals surface area contributed by atoms with E-state index >= 15 is 0 Å². The zero-order chi connectivity index (χ0) is 10.7. The Balaban J connectivity index is 1.97. The Hall–Kier alpha value is -0.340. The zero-order valence-corrected chi connectivity index (χ0v) is 10.1. The van der Waals surface area contributed by atoms with Gasteiger partial charge in [-0.1, -0.05) is 18.6 Å². The fourth-order valence-electron chi connectivity index (χ4n) is 2.72. The van der Waals surface area contributed by atoms with Crippen molar-refractivity contribution in [3.63, 3.8) is 0 Å². The Labute approximate surface area is 93.9 Å². The van der Waals surface area contributed by atoms with E-state index in [-0.39, 0.29) is 0 Å². The van der Waals surface area contributed by atoms with Gasteiger partial charge in [-0.15, -0.1) is 0 Å². The highest BCUT2D eigenvalue weighted by atomic mass is 15.3. The SMILES string of the molecule is C[CH]C1=CCCCC1N1CCN(C)CC1. The molecule has 2 nitrogen and oxygen atoms in total. The summed E-state index contributed by atoms with van der Waals surface area (Å²) in [5.74, 6) is 0. The van der Waals surface area contributed by atoms with Gasteiger partial charge in [0.05, 0.1) is 0 Å². The van der Waals surface area contributed by atoms with E-state index in [1.54, 1.807) is 5.57 Å². The molecule has 0 aromatic heterocycles. The lowest BCUT2D eigenvalue weighted by molar-refractivity contribution is 0.119. The molecule has 1 saturated heterocycles. The normalized spacial score (nSPS) is 30.3. The van der Waals surface area contributed by atoms with Crippen LogP contribution in [-0.4, -0.2) is 49.1 Å². The van der Waals surface area contributed by atoms with Gasteiger partial charge in [0.1, 0.15) is 0 Å². The summed E-state index contributed by atoms with van der Waals surface area (Å²) in [6, 6.07) is 0.720. The number of allylic oxidation sites excluding steroid dienone is 1. The molecule has 2 heteroatoms. The van der Waals surface area contributed by atoms with Gasteiger partial charge >= 0.3 is 0 Å². The smallest absolute Gasteiger partial charge is 0.0311 e. The van der Waals surface area contributed by atoms with Crippen LogP contribution in [0.4, 0.5) is 0 Å². The molecule has 0 aromatic rings. The summed E-state index contributed by atoms with van der Waals surface area (Å²) in [7, 11) is 2.22. The first kappa shape index (κ1) is 11.2. The molecule has 0 bridgehead atoms. The highest BCUT2D eigenvalue weighted by Gasteiger charge is 2.25. The minimum atomic E-state index is 0.720. The topological polar surface area (TPSA) is 6.48 Å². The molecular formula is C13H23N2. The maximum absolute atomic E-state index is 2.67. The molecule has 1 atom stereocenters. The van der Waals surface area contributed by atoms with Gasteiger partial charge in [-0.3, -0.25) is 4.90 Å². The first-order valence-corrected chi connectivity index (χ1v) is 6.23. The van der Waals surface area contributed by atoms with Crippen LogP contribution < -0.4 is 0 Å². The Bertz CT molecular complexity index is 227. The van der Waals surface area contributed by atoms with E-state index in [4.69, 9.17) is 0 Å². The molecule has 0 amide bonds. The molecule has 2 rings (SSSR count). The first-order valence-electron chi connectivity index (χ1n) is 6.23. The molecule has 2 aliphatic rings. The standard InChI is InChI=1S/C13H23N2/c1-3-12-6-4-5-7-13(12)15-10-8-14(2)9-11-15/h3,6,13H,4-5,7-11H2,1-2H3. The van der Waals surface area contributed by atoms with E-state index in [0.29, 0.717) is 0 Å². The zero-order valence-electron chi connectivity index (χ0n) is 10.1. The highest BCUT2D eigenvalue weighted by molar-refractivity contribution is 5.22. The van der Waals surface area contributed by atoms with Crippen LogP contribution in [0.15, 0.2) is 11.6 Å². The Morgan fingerprint density at radius 1 is 1.27 bits per heavy atom. The van der Waals surface area contributed by atoms with E-state index in [2.05, 4.69) is 36.3 Å². The molecule has 15 heavy (non-hydrogen) atoms. The summed E-state index contributed by atoms with van der Waals surface area (Å²) >= 11 is 0. The van der Waals surface area contributed by atoms with Crippen LogP contribution in [0.25, 0.3) is 0 Å². The van der Waals surface area contributed by atoms with Gasteiger partial charge in [-0.2, -0.15) is 0 Å². The average Bonchev–Trinajstić information content (AvgIpc) is 2.30. The number of nitrogens with zero attached hydrogens (tertiary/aromatic N) is 2. The molecule has 0 saturated carbocycles. The third-order valence-corrected chi connectivity index (χ3v) is 3.76. The highest BCUT2D eigenvalue weighted by Crippen LogP contribution is 2.25. The van der Waals surface area contributed by atoms with Crippen molar-refractivity contribution in [2.24, 2.45) is 0 Å². The molecule has 1 unspecified atom stereocenters. The summed E-state index contributed by atoms with van der Waals surface area (Å²) in [5, 5.41) is 0. The summed E-state index contributed by atoms with van der Waals surface area (Å²) in [5.41, 5.74) is 1.57. The van der Waals surface area contributed by atoms with Crippen LogP contribution in [0.3, 0.4) is 0 Å². The third-order valence-electron chi connectivity index (χ3n) is 3.76. The van der Waals surface area contributed by atoms with E-state index in [9.17, 15) is 0 Å². The largest absolute Gasteiger partial charge is 0.304 e. The van der Waals surface area contributed by atoms with Crippen molar-refractivity contribution >= 4 is 0 Å². The van der Waals surface area contributed by atoms with Crippen molar-refractivity contribution in [1.29, 1.82) is 0 Å². The Kier molecular flexibility index (Phi) is 3.81. The second kappa shape index (κ2) is 5.13. The van der Waals surface area contributed by atoms with Crippen molar-refractivity contribution in [2.45, 2.75) is 32.2 Å². The lowest BCUT2D eigenvalue weighted by Gasteiger charge is -2.40. The van der Waals surface area contributed by atoms with Crippen LogP contribution in [0.2, 0.25) is 0 Å². The van der Waals surface area contributed by atoms with E-state index in [1.807, 2.05) is 0 Å². The predicted molar refractivity (Wildman–Crippen MR) is 64.8 cm³/mol. The van der Waals surface area contributed by atoms with Gasteiger partial charge in [0.15, 0.2) is 0 Å². The van der Waals surface area contributed by atoms with E-state index in [1.165, 1.54) is 45.4 Å². The van der Waals surface area contributed by atoms with Crippen LogP contribution in [0.1, 0.15) is 26.2 Å². The van der Waals surface area contributed by atoms with Crippen molar-refractivity contribution in [3.05, 3.63) is 18.1 Å². The van der Waals surface area contributed by atoms with Crippen molar-refractivity contribution in [2.75, 3.05) is 33.2 Å². The summed E-state index contributed by atoms with van der Waals surface area (Å²) in [6.07, 6.45) is 8.76. The quantitative estimate of drug-likeness (QED) is 0.683. The summed E-state index contributed by atoms with van der Waals surface area (Å²) in [4.78, 5) is 5.10. The number of piperazine rings is 1. The molecule has 1 aliphatic carbocycles. The summed E-state index contributed by atoms with van der Waals surface area (Å²) in [6.45, 7) is 7.12. The van der Waals surface area contributed by atoms with Gasteiger partial charge in [0.2, 0.25) is 0 Å². The monoisotopic (exact) mass is 207 g/mol. The first-order chi connectivity index (χ1) is 7.31. The maximum Gasteiger partial charge on any atom is 0.0311 e. The Morgan fingerprint density at radius 3 is 2.67 bits per heavy atom. The molecule has 0 N–H and O–H groups in total. The predicted octanol–water partition coefficient (Wildman–Crippen LogP) is 1.94. The molecule has 1 radical (unpaired) electrons. The average molecular weight is 207 g/mol. The lowest BCUT2D eigenvalue weighted by Crippen LogP contribution is -2.50. The molecular weight excluding hydrogens is 184 g/mol. The minimum absolute atomic E-state index is 0.720. The molecule has 1 aliphatic heterocycles. The second-order valence-corrected chi connectivity index (χ2v) is 4.78. The minimum Gasteiger partial charge on any atom is -0.304 e. The van der Waals surface area contributed by atoms with E-state index < -0.39 is 0 Å². The molecule has 0 spiro atoms. The number of likely N-dealkylation sites (N-methyl/N-ethyl adjacent to an activating group) is 1. The molecule has 1 heterocycles.